The lowest BCUT2D eigenvalue weighted by atomic mass is 10.0. The third-order valence-corrected chi connectivity index (χ3v) is 4.28. The summed E-state index contributed by atoms with van der Waals surface area (Å²) in [6, 6.07) is 15.1. The van der Waals surface area contributed by atoms with Crippen LogP contribution in [-0.4, -0.2) is 38.5 Å². The van der Waals surface area contributed by atoms with Crippen LogP contribution in [0.4, 0.5) is 0 Å². The first kappa shape index (κ1) is 14.7. The number of nitrogens with one attached hydrogen (secondary N) is 1. The van der Waals surface area contributed by atoms with E-state index in [-0.39, 0.29) is 0 Å². The van der Waals surface area contributed by atoms with Crippen LogP contribution in [0, 0.1) is 0 Å². The fourth-order valence-corrected chi connectivity index (χ4v) is 3.09. The van der Waals surface area contributed by atoms with E-state index in [2.05, 4.69) is 69.2 Å². The number of benzene rings is 2. The number of hydrogen-bond acceptors (Lipinski definition) is 5. The topological polar surface area (TPSA) is 49.2 Å². The van der Waals surface area contributed by atoms with Crippen LogP contribution in [0.5, 0.6) is 0 Å². The highest BCUT2D eigenvalue weighted by molar-refractivity contribution is 5.85. The van der Waals surface area contributed by atoms with Crippen molar-refractivity contribution in [3.63, 3.8) is 0 Å². The molecule has 0 aliphatic carbocycles. The molecule has 122 valence electrons. The van der Waals surface area contributed by atoms with Crippen LogP contribution in [0.25, 0.3) is 10.8 Å². The van der Waals surface area contributed by atoms with Gasteiger partial charge in [-0.2, -0.15) is 5.10 Å². The largest absolute Gasteiger partial charge is 0.302 e. The zero-order valence-electron chi connectivity index (χ0n) is 13.6. The Bertz CT molecular complexity index is 850. The van der Waals surface area contributed by atoms with Gasteiger partial charge in [-0.15, -0.1) is 5.12 Å². The molecule has 0 amide bonds. The lowest BCUT2D eigenvalue weighted by Gasteiger charge is -2.24. The van der Waals surface area contributed by atoms with Crippen molar-refractivity contribution in [2.45, 2.75) is 13.0 Å². The smallest absolute Gasteiger partial charge is 0.137 e. The molecule has 6 nitrogen and oxygen atoms in total. The van der Waals surface area contributed by atoms with E-state index in [0.29, 0.717) is 6.54 Å². The molecule has 0 radical (unpaired) electrons. The van der Waals surface area contributed by atoms with Gasteiger partial charge in [-0.3, -0.25) is 5.01 Å². The van der Waals surface area contributed by atoms with Crippen LogP contribution >= 0.6 is 0 Å². The summed E-state index contributed by atoms with van der Waals surface area (Å²) in [6.07, 6.45) is 6.39. The monoisotopic (exact) mass is 320 g/mol. The van der Waals surface area contributed by atoms with Gasteiger partial charge in [0.15, 0.2) is 0 Å². The van der Waals surface area contributed by atoms with E-state index in [1.807, 2.05) is 12.2 Å². The standard InChI is InChI=1S/C18H20N6/c1-22-21-17(11-23-14-19-13-20-23)12-24(22)10-9-16-7-4-6-15-5-2-3-8-18(15)16/h2-8,12-14,21H,9-11H2,1H3. The predicted molar refractivity (Wildman–Crippen MR) is 93.4 cm³/mol. The van der Waals surface area contributed by atoms with E-state index in [1.54, 1.807) is 17.3 Å². The summed E-state index contributed by atoms with van der Waals surface area (Å²) in [5.41, 5.74) is 5.82. The van der Waals surface area contributed by atoms with Gasteiger partial charge < -0.3 is 5.43 Å². The Hall–Kier alpha value is -2.86. The van der Waals surface area contributed by atoms with E-state index in [1.165, 1.54) is 16.3 Å². The highest BCUT2D eigenvalue weighted by Gasteiger charge is 2.18. The van der Waals surface area contributed by atoms with Crippen LogP contribution in [0.3, 0.4) is 0 Å². The van der Waals surface area contributed by atoms with Crippen molar-refractivity contribution in [3.05, 3.63) is 72.6 Å². The second-order valence-electron chi connectivity index (χ2n) is 5.93. The lowest BCUT2D eigenvalue weighted by molar-refractivity contribution is 0.0366. The van der Waals surface area contributed by atoms with Crippen molar-refractivity contribution < 1.29 is 0 Å². The van der Waals surface area contributed by atoms with Gasteiger partial charge in [-0.05, 0) is 22.8 Å². The Morgan fingerprint density at radius 2 is 1.96 bits per heavy atom. The number of hydrogen-bond donors (Lipinski definition) is 1. The number of allylic oxidation sites excluding steroid dienone is 1. The normalized spacial score (nSPS) is 14.9. The van der Waals surface area contributed by atoms with E-state index < -0.39 is 0 Å². The van der Waals surface area contributed by atoms with E-state index in [9.17, 15) is 0 Å². The highest BCUT2D eigenvalue weighted by atomic mass is 15.8. The van der Waals surface area contributed by atoms with Crippen molar-refractivity contribution in [3.8, 4) is 0 Å². The van der Waals surface area contributed by atoms with Gasteiger partial charge in [-0.25, -0.2) is 9.67 Å². The van der Waals surface area contributed by atoms with Gasteiger partial charge in [-0.1, -0.05) is 42.5 Å². The fraction of sp³-hybridized carbons (Fsp3) is 0.222. The zero-order chi connectivity index (χ0) is 16.4. The van der Waals surface area contributed by atoms with Gasteiger partial charge in [0.25, 0.3) is 0 Å². The second kappa shape index (κ2) is 6.33. The molecule has 24 heavy (non-hydrogen) atoms. The minimum atomic E-state index is 0.690. The molecular formula is C18H20N6. The summed E-state index contributed by atoms with van der Waals surface area (Å²) in [7, 11) is 2.02. The third kappa shape index (κ3) is 2.96. The van der Waals surface area contributed by atoms with Crippen molar-refractivity contribution in [1.29, 1.82) is 0 Å². The maximum Gasteiger partial charge on any atom is 0.137 e. The first-order valence-corrected chi connectivity index (χ1v) is 8.06. The number of hydrazine groups is 2. The lowest BCUT2D eigenvalue weighted by Crippen LogP contribution is -2.40. The summed E-state index contributed by atoms with van der Waals surface area (Å²) in [5, 5.41) is 11.0. The molecule has 0 saturated heterocycles. The maximum absolute atomic E-state index is 4.15. The van der Waals surface area contributed by atoms with E-state index in [4.69, 9.17) is 0 Å². The van der Waals surface area contributed by atoms with Crippen molar-refractivity contribution in [2.75, 3.05) is 13.6 Å². The Balaban J connectivity index is 1.46. The van der Waals surface area contributed by atoms with Crippen molar-refractivity contribution in [2.24, 2.45) is 0 Å². The van der Waals surface area contributed by atoms with Gasteiger partial charge in [0.05, 0.1) is 12.2 Å². The second-order valence-corrected chi connectivity index (χ2v) is 5.93. The molecule has 0 atom stereocenters. The molecule has 0 spiro atoms. The summed E-state index contributed by atoms with van der Waals surface area (Å²) >= 11 is 0. The summed E-state index contributed by atoms with van der Waals surface area (Å²) in [6.45, 7) is 1.60. The molecular weight excluding hydrogens is 300 g/mol. The molecule has 4 rings (SSSR count). The Kier molecular flexibility index (Phi) is 3.88. The molecule has 0 unspecified atom stereocenters. The first-order chi connectivity index (χ1) is 11.8. The summed E-state index contributed by atoms with van der Waals surface area (Å²) in [4.78, 5) is 3.98. The van der Waals surface area contributed by atoms with Crippen molar-refractivity contribution in [1.82, 2.24) is 30.3 Å². The predicted octanol–water partition coefficient (Wildman–Crippen LogP) is 2.18. The number of aromatic nitrogens is 3. The molecule has 1 aliphatic heterocycles. The molecule has 0 bridgehead atoms. The molecule has 0 fully saturated rings. The van der Waals surface area contributed by atoms with E-state index >= 15 is 0 Å². The Morgan fingerprint density at radius 3 is 2.83 bits per heavy atom. The first-order valence-electron chi connectivity index (χ1n) is 8.06. The molecule has 2 heterocycles. The Labute approximate surface area is 141 Å². The molecule has 0 saturated carbocycles. The third-order valence-electron chi connectivity index (χ3n) is 4.28. The highest BCUT2D eigenvalue weighted by Crippen LogP contribution is 2.20. The van der Waals surface area contributed by atoms with Gasteiger partial charge in [0.1, 0.15) is 12.7 Å². The van der Waals surface area contributed by atoms with Gasteiger partial charge in [0.2, 0.25) is 0 Å². The minimum Gasteiger partial charge on any atom is -0.302 e. The van der Waals surface area contributed by atoms with Crippen LogP contribution in [0.2, 0.25) is 0 Å². The average Bonchev–Trinajstić information content (AvgIpc) is 3.23. The molecule has 6 heteroatoms. The maximum atomic E-state index is 4.15. The van der Waals surface area contributed by atoms with Crippen LogP contribution in [0.15, 0.2) is 67.0 Å². The van der Waals surface area contributed by atoms with E-state index in [0.717, 1.165) is 18.7 Å². The fourth-order valence-electron chi connectivity index (χ4n) is 3.09. The molecule has 3 aromatic rings. The van der Waals surface area contributed by atoms with Crippen LogP contribution in [0.1, 0.15) is 5.56 Å². The molecule has 1 N–H and O–H groups in total. The summed E-state index contributed by atoms with van der Waals surface area (Å²) < 4.78 is 1.81. The van der Waals surface area contributed by atoms with Crippen LogP contribution in [-0.2, 0) is 13.0 Å². The number of fused-ring (bicyclic) bond motifs is 1. The quantitative estimate of drug-likeness (QED) is 0.781. The number of nitrogens with zero attached hydrogens (tertiary/aromatic N) is 5. The van der Waals surface area contributed by atoms with Gasteiger partial charge >= 0.3 is 0 Å². The SMILES string of the molecule is CN1NC(Cn2cncn2)=CN1CCc1cccc2ccccc12. The number of rotatable bonds is 5. The Morgan fingerprint density at radius 1 is 1.08 bits per heavy atom. The summed E-state index contributed by atoms with van der Waals surface area (Å²) in [5.74, 6) is 0. The average molecular weight is 320 g/mol. The minimum absolute atomic E-state index is 0.690. The van der Waals surface area contributed by atoms with Gasteiger partial charge in [0, 0.05) is 19.8 Å². The van der Waals surface area contributed by atoms with Crippen molar-refractivity contribution >= 4 is 10.8 Å². The zero-order valence-corrected chi connectivity index (χ0v) is 13.6. The van der Waals surface area contributed by atoms with Crippen LogP contribution < -0.4 is 5.43 Å². The molecule has 1 aliphatic rings. The molecule has 2 aromatic carbocycles. The molecule has 1 aromatic heterocycles.